The number of pyridine rings is 3. The fraction of sp³-hybridized carbons (Fsp3) is 0.0682. The largest absolute Gasteiger partial charge is 0.309 e. The summed E-state index contributed by atoms with van der Waals surface area (Å²) in [4.78, 5) is 18.4. The number of hydrogen-bond donors (Lipinski definition) is 0. The molecule has 50 heavy (non-hydrogen) atoms. The molecule has 0 unspecified atom stereocenters. The van der Waals surface area contributed by atoms with E-state index in [4.69, 9.17) is 0 Å². The van der Waals surface area contributed by atoms with Crippen LogP contribution in [0.3, 0.4) is 0 Å². The highest BCUT2D eigenvalue weighted by Gasteiger charge is 2.39. The number of thiophene rings is 2. The number of benzene rings is 3. The second-order valence-electron chi connectivity index (χ2n) is 13.4. The molecule has 10 rings (SSSR count). The molecular formula is C44H30N4S2. The van der Waals surface area contributed by atoms with Crippen molar-refractivity contribution in [3.8, 4) is 58.6 Å². The van der Waals surface area contributed by atoms with E-state index in [1.807, 2.05) is 72.0 Å². The van der Waals surface area contributed by atoms with E-state index in [9.17, 15) is 0 Å². The summed E-state index contributed by atoms with van der Waals surface area (Å²) in [6, 6.07) is 39.9. The monoisotopic (exact) mass is 678 g/mol. The molecule has 0 aliphatic heterocycles. The van der Waals surface area contributed by atoms with Crippen LogP contribution in [0.1, 0.15) is 25.0 Å². The molecule has 0 radical (unpaired) electrons. The Labute approximate surface area is 298 Å². The molecule has 0 saturated carbocycles. The van der Waals surface area contributed by atoms with Gasteiger partial charge in [0.2, 0.25) is 0 Å². The van der Waals surface area contributed by atoms with Gasteiger partial charge in [0.25, 0.3) is 0 Å². The zero-order chi connectivity index (χ0) is 33.4. The fourth-order valence-electron chi connectivity index (χ4n) is 7.50. The molecule has 0 amide bonds. The minimum atomic E-state index is -0.0580. The van der Waals surface area contributed by atoms with Gasteiger partial charge in [0, 0.05) is 89.7 Å². The Balaban J connectivity index is 1.12. The van der Waals surface area contributed by atoms with Gasteiger partial charge in [0.05, 0.1) is 11.0 Å². The van der Waals surface area contributed by atoms with Crippen molar-refractivity contribution >= 4 is 44.5 Å². The molecule has 0 bridgehead atoms. The van der Waals surface area contributed by atoms with Crippen LogP contribution in [0.2, 0.25) is 0 Å². The lowest BCUT2D eigenvalue weighted by molar-refractivity contribution is 0.663. The van der Waals surface area contributed by atoms with Crippen molar-refractivity contribution < 1.29 is 0 Å². The van der Waals surface area contributed by atoms with E-state index in [2.05, 4.69) is 130 Å². The number of rotatable bonds is 5. The summed E-state index contributed by atoms with van der Waals surface area (Å²) in [6.07, 6.45) is 11.3. The normalized spacial score (nSPS) is 13.2. The summed E-state index contributed by atoms with van der Waals surface area (Å²) in [6.45, 7) is 4.73. The lowest BCUT2D eigenvalue weighted by Crippen LogP contribution is -2.13. The molecule has 4 nitrogen and oxygen atoms in total. The molecule has 1 aliphatic rings. The Bertz CT molecular complexity index is 2700. The molecular weight excluding hydrogens is 649 g/mol. The van der Waals surface area contributed by atoms with E-state index in [-0.39, 0.29) is 5.41 Å². The second-order valence-corrected chi connectivity index (χ2v) is 15.5. The quantitative estimate of drug-likeness (QED) is 0.182. The van der Waals surface area contributed by atoms with E-state index < -0.39 is 0 Å². The average Bonchev–Trinajstić information content (AvgIpc) is 3.93. The topological polar surface area (TPSA) is 43.6 Å². The minimum Gasteiger partial charge on any atom is -0.309 e. The molecule has 0 saturated heterocycles. The molecule has 6 heteroatoms. The van der Waals surface area contributed by atoms with Gasteiger partial charge in [-0.25, -0.2) is 0 Å². The Hall–Kier alpha value is -5.69. The van der Waals surface area contributed by atoms with Crippen LogP contribution in [0.5, 0.6) is 0 Å². The van der Waals surface area contributed by atoms with Gasteiger partial charge in [0.15, 0.2) is 0 Å². The van der Waals surface area contributed by atoms with Crippen molar-refractivity contribution in [2.75, 3.05) is 0 Å². The van der Waals surface area contributed by atoms with Gasteiger partial charge in [-0.3, -0.25) is 15.0 Å². The van der Waals surface area contributed by atoms with Crippen molar-refractivity contribution in [3.63, 3.8) is 0 Å². The van der Waals surface area contributed by atoms with Crippen molar-refractivity contribution in [1.29, 1.82) is 0 Å². The van der Waals surface area contributed by atoms with Gasteiger partial charge in [-0.2, -0.15) is 0 Å². The van der Waals surface area contributed by atoms with Crippen LogP contribution < -0.4 is 0 Å². The van der Waals surface area contributed by atoms with Gasteiger partial charge in [-0.05, 0) is 106 Å². The van der Waals surface area contributed by atoms with E-state index >= 15 is 0 Å². The van der Waals surface area contributed by atoms with E-state index in [1.54, 1.807) is 0 Å². The van der Waals surface area contributed by atoms with Gasteiger partial charge in [-0.15, -0.1) is 22.7 Å². The van der Waals surface area contributed by atoms with Gasteiger partial charge in [0.1, 0.15) is 0 Å². The predicted octanol–water partition coefficient (Wildman–Crippen LogP) is 12.1. The molecule has 6 heterocycles. The summed E-state index contributed by atoms with van der Waals surface area (Å²) in [5.74, 6) is 0. The van der Waals surface area contributed by atoms with Crippen LogP contribution in [0.4, 0.5) is 0 Å². The number of hydrogen-bond acceptors (Lipinski definition) is 5. The zero-order valence-electron chi connectivity index (χ0n) is 27.5. The van der Waals surface area contributed by atoms with Crippen molar-refractivity contribution in [2.45, 2.75) is 19.3 Å². The molecule has 0 N–H and O–H groups in total. The van der Waals surface area contributed by atoms with Crippen LogP contribution in [-0.4, -0.2) is 19.5 Å². The highest BCUT2D eigenvalue weighted by atomic mass is 32.1. The summed E-state index contributed by atoms with van der Waals surface area (Å²) >= 11 is 3.81. The molecule has 0 fully saturated rings. The van der Waals surface area contributed by atoms with Gasteiger partial charge < -0.3 is 4.57 Å². The third-order valence-corrected chi connectivity index (χ3v) is 12.7. The van der Waals surface area contributed by atoms with Crippen LogP contribution in [-0.2, 0) is 5.41 Å². The van der Waals surface area contributed by atoms with Crippen LogP contribution in [0, 0.1) is 0 Å². The van der Waals surface area contributed by atoms with E-state index in [1.165, 1.54) is 69.1 Å². The highest BCUT2D eigenvalue weighted by molar-refractivity contribution is 7.25. The summed E-state index contributed by atoms with van der Waals surface area (Å²) < 4.78 is 2.40. The molecule has 3 aromatic carbocycles. The Morgan fingerprint density at radius 2 is 1.02 bits per heavy atom. The first-order valence-electron chi connectivity index (χ1n) is 16.7. The SMILES string of the molecule is CC1(C)c2cc(-c3cccnc3)sc2-c2sc(-c3ccc4c(c3)c3cc(-c5cccnc5)ccc3n4-c3ccc(-c4ccncc4)cc3)cc21. The number of aromatic nitrogens is 4. The second kappa shape index (κ2) is 11.2. The molecule has 0 spiro atoms. The molecule has 238 valence electrons. The van der Waals surface area contributed by atoms with Gasteiger partial charge >= 0.3 is 0 Å². The van der Waals surface area contributed by atoms with E-state index in [0.29, 0.717) is 0 Å². The molecule has 1 aliphatic carbocycles. The predicted molar refractivity (Wildman–Crippen MR) is 209 cm³/mol. The van der Waals surface area contributed by atoms with Crippen molar-refractivity contribution in [3.05, 3.63) is 158 Å². The average molecular weight is 679 g/mol. The van der Waals surface area contributed by atoms with Crippen LogP contribution in [0.15, 0.2) is 146 Å². The first kappa shape index (κ1) is 29.2. The van der Waals surface area contributed by atoms with Crippen LogP contribution >= 0.6 is 22.7 Å². The maximum absolute atomic E-state index is 4.40. The smallest absolute Gasteiger partial charge is 0.0541 e. The minimum absolute atomic E-state index is 0.0580. The van der Waals surface area contributed by atoms with Gasteiger partial charge in [-0.1, -0.05) is 50.2 Å². The molecule has 6 aromatic heterocycles. The maximum Gasteiger partial charge on any atom is 0.0541 e. The highest BCUT2D eigenvalue weighted by Crippen LogP contribution is 2.58. The number of nitrogens with zero attached hydrogens (tertiary/aromatic N) is 4. The third kappa shape index (κ3) is 4.53. The zero-order valence-corrected chi connectivity index (χ0v) is 29.1. The Morgan fingerprint density at radius 3 is 1.64 bits per heavy atom. The molecule has 9 aromatic rings. The Morgan fingerprint density at radius 1 is 0.480 bits per heavy atom. The summed E-state index contributed by atoms with van der Waals surface area (Å²) in [5.41, 5.74) is 13.3. The van der Waals surface area contributed by atoms with Crippen molar-refractivity contribution in [1.82, 2.24) is 19.5 Å². The van der Waals surface area contributed by atoms with Crippen molar-refractivity contribution in [2.24, 2.45) is 0 Å². The standard InChI is InChI=1S/C44H30N4S2/c1-44(2)36-23-40(49-42(36)43-37(44)24-41(50-43)32-6-4-18-47-26-32)30-10-14-39-35(22-30)34-21-29(31-5-3-17-46-25-31)9-13-38(34)48(39)33-11-7-27(8-12-33)28-15-19-45-20-16-28/h3-26H,1-2H3. The lowest BCUT2D eigenvalue weighted by atomic mass is 9.83. The fourth-order valence-corrected chi connectivity index (χ4v) is 10.3. The maximum atomic E-state index is 4.40. The Kier molecular flexibility index (Phi) is 6.53. The molecule has 0 atom stereocenters. The third-order valence-electron chi connectivity index (χ3n) is 10.1. The summed E-state index contributed by atoms with van der Waals surface area (Å²) in [5, 5.41) is 2.47. The summed E-state index contributed by atoms with van der Waals surface area (Å²) in [7, 11) is 0. The van der Waals surface area contributed by atoms with Crippen LogP contribution in [0.25, 0.3) is 80.4 Å². The number of fused-ring (bicyclic) bond motifs is 6. The van der Waals surface area contributed by atoms with E-state index in [0.717, 1.165) is 22.4 Å². The first-order chi connectivity index (χ1) is 24.5. The first-order valence-corrected chi connectivity index (χ1v) is 18.4. The lowest BCUT2D eigenvalue weighted by Gasteiger charge is -2.19.